The number of nitrogens with zero attached hydrogens (tertiary/aromatic N) is 2. The molecule has 0 aliphatic carbocycles. The van der Waals surface area contributed by atoms with Crippen LogP contribution in [0.1, 0.15) is 6.92 Å². The van der Waals surface area contributed by atoms with E-state index >= 15 is 0 Å². The van der Waals surface area contributed by atoms with Crippen molar-refractivity contribution in [3.05, 3.63) is 64.5 Å². The van der Waals surface area contributed by atoms with Crippen LogP contribution in [-0.2, 0) is 4.79 Å². The third-order valence-electron chi connectivity index (χ3n) is 4.95. The molecular formula is C19H22FN4O3+. The summed E-state index contributed by atoms with van der Waals surface area (Å²) in [5.74, 6) is -0.436. The molecule has 0 radical (unpaired) electrons. The molecule has 1 aliphatic heterocycles. The molecule has 0 spiro atoms. The second-order valence-corrected chi connectivity index (χ2v) is 6.64. The maximum atomic E-state index is 13.0. The van der Waals surface area contributed by atoms with E-state index in [0.717, 1.165) is 31.9 Å². The molecule has 2 N–H and O–H groups in total. The molecule has 8 heteroatoms. The number of hydrogen-bond acceptors (Lipinski definition) is 4. The lowest BCUT2D eigenvalue weighted by Gasteiger charge is -2.36. The molecule has 0 aromatic heterocycles. The third kappa shape index (κ3) is 4.59. The van der Waals surface area contributed by atoms with E-state index in [2.05, 4.69) is 10.2 Å². The third-order valence-corrected chi connectivity index (χ3v) is 4.95. The van der Waals surface area contributed by atoms with E-state index in [0.29, 0.717) is 5.69 Å². The quantitative estimate of drug-likeness (QED) is 0.614. The first-order valence-corrected chi connectivity index (χ1v) is 8.84. The Kier molecular flexibility index (Phi) is 5.66. The zero-order valence-electron chi connectivity index (χ0n) is 15.0. The fourth-order valence-corrected chi connectivity index (χ4v) is 3.24. The molecule has 0 unspecified atom stereocenters. The number of amides is 1. The first-order valence-electron chi connectivity index (χ1n) is 8.84. The number of carbonyl (C=O) groups excluding carboxylic acids is 1. The number of quaternary nitrogens is 1. The zero-order valence-corrected chi connectivity index (χ0v) is 15.0. The Morgan fingerprint density at radius 1 is 1.15 bits per heavy atom. The molecular weight excluding hydrogens is 351 g/mol. The summed E-state index contributed by atoms with van der Waals surface area (Å²) in [6.07, 6.45) is 0. The molecule has 1 saturated heterocycles. The summed E-state index contributed by atoms with van der Waals surface area (Å²) in [6, 6.07) is 12.0. The first-order chi connectivity index (χ1) is 12.9. The largest absolute Gasteiger partial charge is 0.360 e. The van der Waals surface area contributed by atoms with Gasteiger partial charge < -0.3 is 15.1 Å². The van der Waals surface area contributed by atoms with Crippen molar-refractivity contribution in [2.45, 2.75) is 13.0 Å². The average Bonchev–Trinajstić information content (AvgIpc) is 2.69. The van der Waals surface area contributed by atoms with Gasteiger partial charge in [-0.1, -0.05) is 0 Å². The van der Waals surface area contributed by atoms with Crippen molar-refractivity contribution < 1.29 is 19.0 Å². The standard InChI is InChI=1S/C19H21FN4O3/c1-14(19(25)21-16-4-2-15(20)3-5-16)22-10-12-23(13-11-22)17-6-8-18(9-7-17)24(26)27/h2-9,14H,10-13H2,1H3,(H,21,25)/p+1/t14-/m1/s1. The fourth-order valence-electron chi connectivity index (χ4n) is 3.24. The predicted octanol–water partition coefficient (Wildman–Crippen LogP) is 1.47. The highest BCUT2D eigenvalue weighted by molar-refractivity contribution is 5.93. The summed E-state index contributed by atoms with van der Waals surface area (Å²) in [6.45, 7) is 4.99. The first kappa shape index (κ1) is 18.8. The molecule has 1 fully saturated rings. The normalized spacial score (nSPS) is 16.0. The van der Waals surface area contributed by atoms with E-state index in [4.69, 9.17) is 0 Å². The van der Waals surface area contributed by atoms with Gasteiger partial charge in [0.25, 0.3) is 11.6 Å². The van der Waals surface area contributed by atoms with E-state index in [1.807, 2.05) is 6.92 Å². The van der Waals surface area contributed by atoms with Crippen LogP contribution in [0.5, 0.6) is 0 Å². The zero-order chi connectivity index (χ0) is 19.4. The number of benzene rings is 2. The minimum Gasteiger partial charge on any atom is -0.360 e. The molecule has 7 nitrogen and oxygen atoms in total. The maximum absolute atomic E-state index is 13.0. The number of piperazine rings is 1. The Bertz CT molecular complexity index is 803. The smallest absolute Gasteiger partial charge is 0.282 e. The summed E-state index contributed by atoms with van der Waals surface area (Å²) >= 11 is 0. The highest BCUT2D eigenvalue weighted by atomic mass is 19.1. The van der Waals surface area contributed by atoms with Gasteiger partial charge in [0.2, 0.25) is 0 Å². The SMILES string of the molecule is C[C@H](C(=O)Nc1ccc(F)cc1)[NH+]1CCN(c2ccc([N+](=O)[O-])cc2)CC1. The van der Waals surface area contributed by atoms with Gasteiger partial charge >= 0.3 is 0 Å². The molecule has 27 heavy (non-hydrogen) atoms. The Morgan fingerprint density at radius 2 is 1.74 bits per heavy atom. The van der Waals surface area contributed by atoms with Crippen molar-refractivity contribution in [2.75, 3.05) is 36.4 Å². The number of halogens is 1. The predicted molar refractivity (Wildman–Crippen MR) is 100 cm³/mol. The van der Waals surface area contributed by atoms with E-state index in [1.165, 1.54) is 29.2 Å². The van der Waals surface area contributed by atoms with Gasteiger partial charge in [-0.15, -0.1) is 0 Å². The van der Waals surface area contributed by atoms with Gasteiger partial charge in [0.1, 0.15) is 5.82 Å². The second kappa shape index (κ2) is 8.13. The van der Waals surface area contributed by atoms with E-state index < -0.39 is 4.92 Å². The molecule has 2 aromatic rings. The van der Waals surface area contributed by atoms with Crippen molar-refractivity contribution in [1.82, 2.24) is 0 Å². The highest BCUT2D eigenvalue weighted by Gasteiger charge is 2.29. The van der Waals surface area contributed by atoms with Gasteiger partial charge in [0.15, 0.2) is 6.04 Å². The van der Waals surface area contributed by atoms with Crippen LogP contribution in [-0.4, -0.2) is 43.1 Å². The summed E-state index contributed by atoms with van der Waals surface area (Å²) in [5.41, 5.74) is 1.61. The highest BCUT2D eigenvalue weighted by Crippen LogP contribution is 2.19. The van der Waals surface area contributed by atoms with Crippen LogP contribution in [0.25, 0.3) is 0 Å². The summed E-state index contributed by atoms with van der Waals surface area (Å²) < 4.78 is 13.0. The Hall–Kier alpha value is -3.00. The minimum atomic E-state index is -0.409. The van der Waals surface area contributed by atoms with Crippen LogP contribution >= 0.6 is 0 Å². The van der Waals surface area contributed by atoms with E-state index in [9.17, 15) is 19.3 Å². The monoisotopic (exact) mass is 373 g/mol. The second-order valence-electron chi connectivity index (χ2n) is 6.64. The van der Waals surface area contributed by atoms with Gasteiger partial charge in [0, 0.05) is 23.5 Å². The Labute approximate surface area is 156 Å². The van der Waals surface area contributed by atoms with Gasteiger partial charge in [-0.3, -0.25) is 14.9 Å². The van der Waals surface area contributed by atoms with E-state index in [-0.39, 0.29) is 23.5 Å². The molecule has 0 saturated carbocycles. The van der Waals surface area contributed by atoms with Crippen molar-refractivity contribution in [2.24, 2.45) is 0 Å². The Balaban J connectivity index is 1.53. The van der Waals surface area contributed by atoms with Crippen molar-refractivity contribution in [3.8, 4) is 0 Å². The van der Waals surface area contributed by atoms with Gasteiger partial charge in [-0.05, 0) is 43.3 Å². The number of non-ortho nitro benzene ring substituents is 1. The Morgan fingerprint density at radius 3 is 2.30 bits per heavy atom. The topological polar surface area (TPSA) is 79.9 Å². The minimum absolute atomic E-state index is 0.0779. The number of hydrogen-bond donors (Lipinski definition) is 2. The van der Waals surface area contributed by atoms with Gasteiger partial charge in [-0.2, -0.15) is 0 Å². The average molecular weight is 373 g/mol. The van der Waals surface area contributed by atoms with Crippen molar-refractivity contribution in [1.29, 1.82) is 0 Å². The number of carbonyl (C=O) groups is 1. The van der Waals surface area contributed by atoms with Crippen LogP contribution in [0.15, 0.2) is 48.5 Å². The molecule has 1 aliphatic rings. The molecule has 3 rings (SSSR count). The van der Waals surface area contributed by atoms with Crippen LogP contribution in [0, 0.1) is 15.9 Å². The molecule has 0 bridgehead atoms. The van der Waals surface area contributed by atoms with Crippen LogP contribution in [0.2, 0.25) is 0 Å². The summed E-state index contributed by atoms with van der Waals surface area (Å²) in [7, 11) is 0. The number of rotatable bonds is 5. The van der Waals surface area contributed by atoms with E-state index in [1.54, 1.807) is 24.3 Å². The summed E-state index contributed by atoms with van der Waals surface area (Å²) in [4.78, 5) is 26.1. The fraction of sp³-hybridized carbons (Fsp3) is 0.316. The van der Waals surface area contributed by atoms with Crippen molar-refractivity contribution >= 4 is 23.0 Å². The lowest BCUT2D eigenvalue weighted by molar-refractivity contribution is -0.914. The number of anilines is 2. The molecule has 1 amide bonds. The number of nitro benzene ring substituents is 1. The lowest BCUT2D eigenvalue weighted by atomic mass is 10.2. The van der Waals surface area contributed by atoms with Crippen molar-refractivity contribution in [3.63, 3.8) is 0 Å². The number of nitrogens with one attached hydrogen (secondary N) is 2. The number of nitro groups is 1. The molecule has 1 heterocycles. The van der Waals surface area contributed by atoms with Crippen LogP contribution in [0.3, 0.4) is 0 Å². The molecule has 2 aromatic carbocycles. The lowest BCUT2D eigenvalue weighted by Crippen LogP contribution is -3.19. The van der Waals surface area contributed by atoms with Crippen LogP contribution in [0.4, 0.5) is 21.5 Å². The summed E-state index contributed by atoms with van der Waals surface area (Å²) in [5, 5.41) is 13.6. The van der Waals surface area contributed by atoms with Crippen LogP contribution < -0.4 is 15.1 Å². The van der Waals surface area contributed by atoms with Gasteiger partial charge in [-0.25, -0.2) is 4.39 Å². The molecule has 142 valence electrons. The van der Waals surface area contributed by atoms with Gasteiger partial charge in [0.05, 0.1) is 31.1 Å². The molecule has 1 atom stereocenters. The maximum Gasteiger partial charge on any atom is 0.282 e.